The number of ether oxygens (including phenoxy) is 2. The number of methoxy groups -OCH3 is 1. The molecule has 0 aromatic heterocycles. The number of nitro groups is 1. The second-order valence-corrected chi connectivity index (χ2v) is 5.15. The van der Waals surface area contributed by atoms with Crippen molar-refractivity contribution in [3.63, 3.8) is 0 Å². The zero-order valence-electron chi connectivity index (χ0n) is 13.0. The summed E-state index contributed by atoms with van der Waals surface area (Å²) < 4.78 is 9.96. The van der Waals surface area contributed by atoms with Gasteiger partial charge in [-0.15, -0.1) is 0 Å². The molecule has 0 aliphatic carbocycles. The molecule has 1 N–H and O–H groups in total. The van der Waals surface area contributed by atoms with E-state index in [9.17, 15) is 19.7 Å². The smallest absolute Gasteiger partial charge is 0.340 e. The van der Waals surface area contributed by atoms with E-state index in [1.165, 1.54) is 13.2 Å². The number of hydrogen-bond acceptors (Lipinski definition) is 6. The number of carbonyl (C=O) groups is 2. The topological polar surface area (TPSA) is 108 Å². The van der Waals surface area contributed by atoms with Gasteiger partial charge in [-0.3, -0.25) is 14.9 Å². The second-order valence-electron chi connectivity index (χ2n) is 4.75. The second kappa shape index (κ2) is 8.11. The molecule has 0 bridgehead atoms. The van der Waals surface area contributed by atoms with Crippen LogP contribution < -0.4 is 10.1 Å². The lowest BCUT2D eigenvalue weighted by molar-refractivity contribution is -0.384. The van der Waals surface area contributed by atoms with E-state index >= 15 is 0 Å². The summed E-state index contributed by atoms with van der Waals surface area (Å²) in [6, 6.07) is 10.1. The Morgan fingerprint density at radius 2 is 1.96 bits per heavy atom. The van der Waals surface area contributed by atoms with E-state index in [1.807, 2.05) is 0 Å². The number of para-hydroxylation sites is 2. The van der Waals surface area contributed by atoms with Crippen molar-refractivity contribution in [2.24, 2.45) is 0 Å². The molecular weight excluding hydrogens is 352 g/mol. The summed E-state index contributed by atoms with van der Waals surface area (Å²) in [6.07, 6.45) is 0. The van der Waals surface area contributed by atoms with Crippen molar-refractivity contribution in [1.82, 2.24) is 0 Å². The Labute approximate surface area is 147 Å². The standard InChI is InChI=1S/C16H13ClN2O6/c1-24-14-5-3-2-4-13(14)18-15(20)9-25-16(21)11-7-6-10(19(22)23)8-12(11)17/h2-8H,9H2,1H3,(H,18,20). The van der Waals surface area contributed by atoms with Crippen LogP contribution in [-0.4, -0.2) is 30.5 Å². The van der Waals surface area contributed by atoms with E-state index in [0.717, 1.165) is 12.1 Å². The molecule has 0 aliphatic rings. The lowest BCUT2D eigenvalue weighted by Crippen LogP contribution is -2.21. The minimum atomic E-state index is -0.866. The molecule has 2 aromatic rings. The summed E-state index contributed by atoms with van der Waals surface area (Å²) in [4.78, 5) is 33.8. The fourth-order valence-corrected chi connectivity index (χ4v) is 2.18. The number of benzene rings is 2. The van der Waals surface area contributed by atoms with Gasteiger partial charge >= 0.3 is 5.97 Å². The quantitative estimate of drug-likeness (QED) is 0.479. The molecule has 0 atom stereocenters. The summed E-state index contributed by atoms with van der Waals surface area (Å²) in [5.74, 6) is -0.980. The molecule has 130 valence electrons. The molecule has 0 unspecified atom stereocenters. The highest BCUT2D eigenvalue weighted by atomic mass is 35.5. The van der Waals surface area contributed by atoms with E-state index < -0.39 is 23.4 Å². The number of nitrogens with zero attached hydrogens (tertiary/aromatic N) is 1. The SMILES string of the molecule is COc1ccccc1NC(=O)COC(=O)c1ccc([N+](=O)[O-])cc1Cl. The number of hydrogen-bond donors (Lipinski definition) is 1. The van der Waals surface area contributed by atoms with E-state index in [0.29, 0.717) is 11.4 Å². The number of nitro benzene ring substituents is 1. The van der Waals surface area contributed by atoms with Gasteiger partial charge in [-0.1, -0.05) is 23.7 Å². The molecular formula is C16H13ClN2O6. The summed E-state index contributed by atoms with van der Waals surface area (Å²) in [6.45, 7) is -0.551. The molecule has 1 amide bonds. The Bertz CT molecular complexity index is 824. The first-order chi connectivity index (χ1) is 11.9. The fourth-order valence-electron chi connectivity index (χ4n) is 1.93. The van der Waals surface area contributed by atoms with Crippen molar-refractivity contribution in [3.05, 3.63) is 63.2 Å². The lowest BCUT2D eigenvalue weighted by atomic mass is 10.2. The number of halogens is 1. The first-order valence-corrected chi connectivity index (χ1v) is 7.34. The van der Waals surface area contributed by atoms with Crippen LogP contribution in [0.1, 0.15) is 10.4 Å². The number of rotatable bonds is 6. The predicted octanol–water partition coefficient (Wildman–Crippen LogP) is 3.05. The predicted molar refractivity (Wildman–Crippen MR) is 90.0 cm³/mol. The van der Waals surface area contributed by atoms with Crippen molar-refractivity contribution in [3.8, 4) is 5.75 Å². The Morgan fingerprint density at radius 1 is 1.24 bits per heavy atom. The van der Waals surface area contributed by atoms with Gasteiger partial charge in [0.25, 0.3) is 11.6 Å². The third kappa shape index (κ3) is 4.67. The molecule has 0 saturated heterocycles. The van der Waals surface area contributed by atoms with Gasteiger partial charge in [-0.25, -0.2) is 4.79 Å². The molecule has 25 heavy (non-hydrogen) atoms. The number of non-ortho nitro benzene ring substituents is 1. The monoisotopic (exact) mass is 364 g/mol. The molecule has 0 saturated carbocycles. The maximum atomic E-state index is 11.9. The van der Waals surface area contributed by atoms with Crippen LogP contribution in [0, 0.1) is 10.1 Å². The van der Waals surface area contributed by atoms with Crippen molar-refractivity contribution in [1.29, 1.82) is 0 Å². The number of esters is 1. The van der Waals surface area contributed by atoms with Crippen LogP contribution in [0.4, 0.5) is 11.4 Å². The molecule has 0 fully saturated rings. The zero-order chi connectivity index (χ0) is 18.4. The zero-order valence-corrected chi connectivity index (χ0v) is 13.8. The Balaban J connectivity index is 1.97. The highest BCUT2D eigenvalue weighted by Crippen LogP contribution is 2.24. The van der Waals surface area contributed by atoms with Crippen LogP contribution in [0.3, 0.4) is 0 Å². The highest BCUT2D eigenvalue weighted by Gasteiger charge is 2.17. The van der Waals surface area contributed by atoms with Crippen LogP contribution in [-0.2, 0) is 9.53 Å². The third-order valence-corrected chi connectivity index (χ3v) is 3.41. The summed E-state index contributed by atoms with van der Waals surface area (Å²) in [5, 5.41) is 13.1. The van der Waals surface area contributed by atoms with Crippen molar-refractivity contribution in [2.75, 3.05) is 19.0 Å². The van der Waals surface area contributed by atoms with Gasteiger partial charge in [0.05, 0.1) is 28.3 Å². The number of anilines is 1. The number of nitrogens with one attached hydrogen (secondary N) is 1. The Kier molecular flexibility index (Phi) is 5.91. The van der Waals surface area contributed by atoms with E-state index in [4.69, 9.17) is 21.1 Å². The summed E-state index contributed by atoms with van der Waals surface area (Å²) in [7, 11) is 1.46. The van der Waals surface area contributed by atoms with Crippen molar-refractivity contribution < 1.29 is 24.0 Å². The maximum Gasteiger partial charge on any atom is 0.340 e. The molecule has 9 heteroatoms. The van der Waals surface area contributed by atoms with Gasteiger partial charge in [-0.05, 0) is 18.2 Å². The average Bonchev–Trinajstić information content (AvgIpc) is 2.60. The minimum absolute atomic E-state index is 0.0719. The van der Waals surface area contributed by atoms with E-state index in [-0.39, 0.29) is 16.3 Å². The van der Waals surface area contributed by atoms with Crippen molar-refractivity contribution >= 4 is 34.9 Å². The number of carbonyl (C=O) groups excluding carboxylic acids is 2. The van der Waals surface area contributed by atoms with Crippen LogP contribution in [0.15, 0.2) is 42.5 Å². The summed E-state index contributed by atoms with van der Waals surface area (Å²) in [5.41, 5.74) is 0.104. The molecule has 0 heterocycles. The van der Waals surface area contributed by atoms with Gasteiger partial charge in [0, 0.05) is 12.1 Å². The molecule has 0 spiro atoms. The van der Waals surface area contributed by atoms with E-state index in [1.54, 1.807) is 24.3 Å². The van der Waals surface area contributed by atoms with Crippen LogP contribution in [0.5, 0.6) is 5.75 Å². The van der Waals surface area contributed by atoms with Crippen molar-refractivity contribution in [2.45, 2.75) is 0 Å². The first kappa shape index (κ1) is 18.2. The van der Waals surface area contributed by atoms with E-state index in [2.05, 4.69) is 5.32 Å². The fraction of sp³-hybridized carbons (Fsp3) is 0.125. The lowest BCUT2D eigenvalue weighted by Gasteiger charge is -2.10. The number of amides is 1. The van der Waals surface area contributed by atoms with Gasteiger partial charge in [-0.2, -0.15) is 0 Å². The maximum absolute atomic E-state index is 11.9. The van der Waals surface area contributed by atoms with Gasteiger partial charge in [0.15, 0.2) is 6.61 Å². The minimum Gasteiger partial charge on any atom is -0.495 e. The van der Waals surface area contributed by atoms with Gasteiger partial charge < -0.3 is 14.8 Å². The molecule has 0 aliphatic heterocycles. The Morgan fingerprint density at radius 3 is 2.60 bits per heavy atom. The summed E-state index contributed by atoms with van der Waals surface area (Å²) >= 11 is 5.83. The highest BCUT2D eigenvalue weighted by molar-refractivity contribution is 6.33. The normalized spacial score (nSPS) is 10.0. The van der Waals surface area contributed by atoms with Crippen LogP contribution in [0.25, 0.3) is 0 Å². The van der Waals surface area contributed by atoms with Crippen LogP contribution in [0.2, 0.25) is 5.02 Å². The van der Waals surface area contributed by atoms with Gasteiger partial charge in [0.2, 0.25) is 0 Å². The van der Waals surface area contributed by atoms with Crippen LogP contribution >= 0.6 is 11.6 Å². The Hall–Kier alpha value is -3.13. The third-order valence-electron chi connectivity index (χ3n) is 3.10. The largest absolute Gasteiger partial charge is 0.495 e. The molecule has 2 rings (SSSR count). The molecule has 2 aromatic carbocycles. The average molecular weight is 365 g/mol. The molecule has 8 nitrogen and oxygen atoms in total. The van der Waals surface area contributed by atoms with Gasteiger partial charge in [0.1, 0.15) is 5.75 Å². The first-order valence-electron chi connectivity index (χ1n) is 6.96. The molecule has 0 radical (unpaired) electrons.